The van der Waals surface area contributed by atoms with Crippen molar-refractivity contribution in [1.82, 2.24) is 15.6 Å². The minimum Gasteiger partial charge on any atom is -0.508 e. The number of aliphatic imine (C=N–C) groups is 1. The Hall–Kier alpha value is -4.73. The number of phenolic OH excluding ortho intramolecular Hbond substituents is 1. The van der Waals surface area contributed by atoms with E-state index in [2.05, 4.69) is 20.6 Å². The Balaban J connectivity index is 1.37. The third kappa shape index (κ3) is 5.96. The molecule has 3 aromatic rings. The maximum absolute atomic E-state index is 13.2. The largest absolute Gasteiger partial charge is 0.508 e. The number of ether oxygens (including phenoxy) is 1. The third-order valence-electron chi connectivity index (χ3n) is 7.13. The average Bonchev–Trinajstić information content (AvgIpc) is 3.65. The number of aromatic hydroxyl groups is 1. The molecule has 3 amide bonds. The van der Waals surface area contributed by atoms with Crippen molar-refractivity contribution in [1.29, 1.82) is 0 Å². The van der Waals surface area contributed by atoms with E-state index in [1.165, 1.54) is 12.3 Å². The molecule has 5 rings (SSSR count). The van der Waals surface area contributed by atoms with Crippen LogP contribution in [0.3, 0.4) is 0 Å². The fourth-order valence-corrected chi connectivity index (χ4v) is 4.81. The minimum atomic E-state index is -1.39. The average molecular weight is 543 g/mol. The van der Waals surface area contributed by atoms with Crippen LogP contribution in [0.5, 0.6) is 11.5 Å². The predicted molar refractivity (Wildman–Crippen MR) is 149 cm³/mol. The van der Waals surface area contributed by atoms with Crippen molar-refractivity contribution in [2.75, 3.05) is 6.61 Å². The number of carboxylic acids is 1. The van der Waals surface area contributed by atoms with E-state index in [0.717, 1.165) is 18.4 Å². The number of hydrogen-bond donors (Lipinski definition) is 4. The van der Waals surface area contributed by atoms with Crippen molar-refractivity contribution in [3.63, 3.8) is 0 Å². The van der Waals surface area contributed by atoms with E-state index in [9.17, 15) is 24.6 Å². The number of carboxylic acid groups (broad SMARTS) is 1. The van der Waals surface area contributed by atoms with Crippen LogP contribution in [0.25, 0.3) is 22.2 Å². The fraction of sp³-hybridized carbons (Fsp3) is 0.300. The van der Waals surface area contributed by atoms with Crippen LogP contribution in [0.2, 0.25) is 0 Å². The van der Waals surface area contributed by atoms with Gasteiger partial charge in [0.25, 0.3) is 0 Å². The number of carbonyl (C=O) groups excluding carboxylic acids is 2. The molecular weight excluding hydrogens is 512 g/mol. The van der Waals surface area contributed by atoms with Crippen LogP contribution < -0.4 is 15.4 Å². The van der Waals surface area contributed by atoms with Gasteiger partial charge in [-0.05, 0) is 37.8 Å². The molecule has 206 valence electrons. The van der Waals surface area contributed by atoms with Crippen LogP contribution in [-0.4, -0.2) is 57.5 Å². The van der Waals surface area contributed by atoms with Crippen molar-refractivity contribution < 1.29 is 29.3 Å². The van der Waals surface area contributed by atoms with Gasteiger partial charge in [-0.2, -0.15) is 0 Å². The first-order valence-electron chi connectivity index (χ1n) is 13.2. The van der Waals surface area contributed by atoms with Gasteiger partial charge in [0.05, 0.1) is 17.8 Å². The molecule has 1 fully saturated rings. The molecule has 2 aromatic carbocycles. The SMILES string of the molecule is O=C1N=CCCC/C=C\[C@H]2C[C@@]2(C(=O)O)NC(=O)[C@H](CCOc2cc(-c3ccccc3)nc3cc(O)ccc23)N1. The number of aromatic nitrogens is 1. The standard InChI is InChI=1S/C30H30N4O6/c35-21-11-12-22-25(16-21)32-24(19-8-4-3-5-9-19)17-26(22)40-15-13-23-27(36)34-30(28(37)38)18-20(30)10-6-1-2-7-14-31-29(39)33-23/h3-6,8-12,14,16-17,20,23,35H,1-2,7,13,15,18H2,(H,33,39)(H,34,36)(H,37,38)/b10-6-,31-14?/t20-,23-,30+/m0/s1. The lowest BCUT2D eigenvalue weighted by molar-refractivity contribution is -0.143. The Morgan fingerprint density at radius 3 is 2.73 bits per heavy atom. The van der Waals surface area contributed by atoms with Crippen molar-refractivity contribution >= 4 is 35.0 Å². The second kappa shape index (κ2) is 11.6. The highest BCUT2D eigenvalue weighted by atomic mass is 16.5. The number of carbonyl (C=O) groups is 3. The number of fused-ring (bicyclic) bond motifs is 2. The summed E-state index contributed by atoms with van der Waals surface area (Å²) in [5.74, 6) is -1.48. The molecule has 0 unspecified atom stereocenters. The van der Waals surface area contributed by atoms with Gasteiger partial charge in [0.15, 0.2) is 0 Å². The number of aliphatic carboxylic acids is 1. The summed E-state index contributed by atoms with van der Waals surface area (Å²) in [6, 6.07) is 14.3. The third-order valence-corrected chi connectivity index (χ3v) is 7.13. The van der Waals surface area contributed by atoms with Gasteiger partial charge in [-0.1, -0.05) is 42.5 Å². The van der Waals surface area contributed by atoms with E-state index < -0.39 is 29.5 Å². The molecular formula is C30H30N4O6. The van der Waals surface area contributed by atoms with Crippen molar-refractivity contribution in [2.24, 2.45) is 10.9 Å². The fourth-order valence-electron chi connectivity index (χ4n) is 4.81. The maximum atomic E-state index is 13.2. The van der Waals surface area contributed by atoms with Crippen LogP contribution in [-0.2, 0) is 9.59 Å². The normalized spacial score (nSPS) is 23.8. The second-order valence-corrected chi connectivity index (χ2v) is 9.96. The number of rotatable bonds is 6. The van der Waals surface area contributed by atoms with E-state index in [1.54, 1.807) is 18.2 Å². The summed E-state index contributed by atoms with van der Waals surface area (Å²) in [5.41, 5.74) is 0.646. The summed E-state index contributed by atoms with van der Waals surface area (Å²) >= 11 is 0. The van der Waals surface area contributed by atoms with Gasteiger partial charge >= 0.3 is 12.0 Å². The number of benzene rings is 2. The number of pyridine rings is 1. The number of amides is 3. The molecule has 4 N–H and O–H groups in total. The first kappa shape index (κ1) is 26.9. The Morgan fingerprint density at radius 2 is 1.93 bits per heavy atom. The predicted octanol–water partition coefficient (Wildman–Crippen LogP) is 4.22. The quantitative estimate of drug-likeness (QED) is 0.341. The lowest BCUT2D eigenvalue weighted by Gasteiger charge is -2.21. The van der Waals surface area contributed by atoms with Gasteiger partial charge in [-0.3, -0.25) is 4.79 Å². The smallest absolute Gasteiger partial charge is 0.341 e. The van der Waals surface area contributed by atoms with Gasteiger partial charge in [-0.15, -0.1) is 0 Å². The number of urea groups is 1. The highest BCUT2D eigenvalue weighted by molar-refractivity contribution is 5.95. The zero-order valence-corrected chi connectivity index (χ0v) is 21.7. The lowest BCUT2D eigenvalue weighted by atomic mass is 10.1. The number of hydrogen-bond acceptors (Lipinski definition) is 6. The molecule has 40 heavy (non-hydrogen) atoms. The van der Waals surface area contributed by atoms with Gasteiger partial charge in [0.2, 0.25) is 5.91 Å². The Kier molecular flexibility index (Phi) is 7.77. The highest BCUT2D eigenvalue weighted by Crippen LogP contribution is 2.45. The van der Waals surface area contributed by atoms with Crippen LogP contribution in [0.1, 0.15) is 32.1 Å². The molecule has 1 aliphatic carbocycles. The summed E-state index contributed by atoms with van der Waals surface area (Å²) in [5, 5.41) is 25.8. The zero-order valence-electron chi connectivity index (χ0n) is 21.7. The summed E-state index contributed by atoms with van der Waals surface area (Å²) < 4.78 is 6.11. The second-order valence-electron chi connectivity index (χ2n) is 9.96. The van der Waals surface area contributed by atoms with Crippen LogP contribution >= 0.6 is 0 Å². The van der Waals surface area contributed by atoms with Crippen LogP contribution in [0, 0.1) is 5.92 Å². The van der Waals surface area contributed by atoms with Gasteiger partial charge in [-0.25, -0.2) is 19.6 Å². The maximum Gasteiger partial charge on any atom is 0.341 e. The first-order chi connectivity index (χ1) is 19.4. The van der Waals surface area contributed by atoms with E-state index in [4.69, 9.17) is 4.74 Å². The molecule has 0 radical (unpaired) electrons. The number of nitrogens with one attached hydrogen (secondary N) is 2. The van der Waals surface area contributed by atoms with Crippen molar-refractivity contribution in [2.45, 2.75) is 43.7 Å². The number of nitrogens with zero attached hydrogens (tertiary/aromatic N) is 2. The summed E-state index contributed by atoms with van der Waals surface area (Å²) in [6.45, 7) is 0.0275. The lowest BCUT2D eigenvalue weighted by Crippen LogP contribution is -2.53. The molecule has 1 saturated carbocycles. The summed E-state index contributed by atoms with van der Waals surface area (Å²) in [7, 11) is 0. The molecule has 0 spiro atoms. The Labute approximate surface area is 230 Å². The zero-order chi connectivity index (χ0) is 28.1. The van der Waals surface area contributed by atoms with E-state index in [0.29, 0.717) is 28.8 Å². The Bertz CT molecular complexity index is 1490. The summed E-state index contributed by atoms with van der Waals surface area (Å²) in [6.07, 6.45) is 7.70. The minimum absolute atomic E-state index is 0.0275. The van der Waals surface area contributed by atoms with Gasteiger partial charge < -0.3 is 25.6 Å². The van der Waals surface area contributed by atoms with Gasteiger partial charge in [0.1, 0.15) is 23.1 Å². The summed E-state index contributed by atoms with van der Waals surface area (Å²) in [4.78, 5) is 46.3. The molecule has 1 aliphatic heterocycles. The topological polar surface area (TPSA) is 150 Å². The molecule has 10 nitrogen and oxygen atoms in total. The van der Waals surface area contributed by atoms with Gasteiger partial charge in [0, 0.05) is 41.6 Å². The van der Waals surface area contributed by atoms with E-state index in [1.807, 2.05) is 42.5 Å². The molecule has 1 aromatic heterocycles. The molecule has 10 heteroatoms. The molecule has 2 heterocycles. The van der Waals surface area contributed by atoms with Crippen LogP contribution in [0.4, 0.5) is 4.79 Å². The van der Waals surface area contributed by atoms with E-state index >= 15 is 0 Å². The monoisotopic (exact) mass is 542 g/mol. The van der Waals surface area contributed by atoms with Crippen molar-refractivity contribution in [3.8, 4) is 22.8 Å². The first-order valence-corrected chi connectivity index (χ1v) is 13.2. The highest BCUT2D eigenvalue weighted by Gasteiger charge is 2.60. The number of phenols is 1. The van der Waals surface area contributed by atoms with E-state index in [-0.39, 0.29) is 31.1 Å². The molecule has 3 atom stereocenters. The van der Waals surface area contributed by atoms with Crippen molar-refractivity contribution in [3.05, 3.63) is 66.7 Å². The molecule has 0 bridgehead atoms. The Morgan fingerprint density at radius 1 is 1.10 bits per heavy atom. The van der Waals surface area contributed by atoms with Crippen LogP contribution in [0.15, 0.2) is 71.7 Å². The molecule has 0 saturated heterocycles. The molecule has 2 aliphatic rings. The number of allylic oxidation sites excluding steroid dienone is 1.